The van der Waals surface area contributed by atoms with Gasteiger partial charge in [-0.15, -0.1) is 0 Å². The third-order valence-corrected chi connectivity index (χ3v) is 11.0. The molecular formula is C29H28N2O3Si. The molecular weight excluding hydrogens is 452 g/mol. The number of hydrogen-bond donors (Lipinski definition) is 0. The molecule has 0 aliphatic rings. The van der Waals surface area contributed by atoms with Gasteiger partial charge in [-0.25, -0.2) is 10.1 Å². The highest BCUT2D eigenvalue weighted by atomic mass is 28.4. The zero-order chi connectivity index (χ0) is 24.9. The van der Waals surface area contributed by atoms with Crippen LogP contribution in [-0.4, -0.2) is 19.1 Å². The number of rotatable bonds is 7. The van der Waals surface area contributed by atoms with Gasteiger partial charge < -0.3 is 4.43 Å². The van der Waals surface area contributed by atoms with Crippen LogP contribution in [0, 0.1) is 10.1 Å². The van der Waals surface area contributed by atoms with Crippen LogP contribution >= 0.6 is 0 Å². The maximum atomic E-state index is 11.2. The van der Waals surface area contributed by atoms with Crippen LogP contribution in [0.2, 0.25) is 5.04 Å². The third kappa shape index (κ3) is 5.07. The van der Waals surface area contributed by atoms with Crippen LogP contribution in [0.15, 0.2) is 120 Å². The summed E-state index contributed by atoms with van der Waals surface area (Å²) in [6.45, 7) is 6.68. The molecule has 0 bridgehead atoms. The van der Waals surface area contributed by atoms with Crippen molar-refractivity contribution in [3.05, 3.63) is 137 Å². The average molecular weight is 481 g/mol. The van der Waals surface area contributed by atoms with Gasteiger partial charge in [0.15, 0.2) is 10.7 Å². The zero-order valence-electron chi connectivity index (χ0n) is 20.1. The molecule has 0 fully saturated rings. The van der Waals surface area contributed by atoms with Crippen molar-refractivity contribution in [3.8, 4) is 5.75 Å². The third-order valence-electron chi connectivity index (χ3n) is 6.04. The van der Waals surface area contributed by atoms with Crippen LogP contribution < -0.4 is 14.8 Å². The Morgan fingerprint density at radius 3 is 1.57 bits per heavy atom. The number of nitro groups is 1. The summed E-state index contributed by atoms with van der Waals surface area (Å²) in [5, 5.41) is 16.4. The Hall–Kier alpha value is -4.03. The summed E-state index contributed by atoms with van der Waals surface area (Å²) in [4.78, 5) is 11.2. The summed E-state index contributed by atoms with van der Waals surface area (Å²) in [5.74, 6) is 0.719. The second-order valence-electron chi connectivity index (χ2n) is 9.34. The maximum absolute atomic E-state index is 11.2. The highest BCUT2D eigenvalue weighted by molar-refractivity contribution is 7.00. The van der Waals surface area contributed by atoms with Gasteiger partial charge in [0.25, 0.3) is 0 Å². The SMILES string of the molecule is CC(C)(C)[Si](Oc1ccc(C(=N[N+](=O)[O-])c2ccccc2)cc1)(c1ccccc1)c1ccccc1. The fraction of sp³-hybridized carbons (Fsp3) is 0.138. The lowest BCUT2D eigenvalue weighted by atomic mass is 10.0. The van der Waals surface area contributed by atoms with Crippen molar-refractivity contribution < 1.29 is 9.46 Å². The first-order valence-electron chi connectivity index (χ1n) is 11.5. The number of hydrogen-bond acceptors (Lipinski definition) is 3. The largest absolute Gasteiger partial charge is 0.534 e. The molecule has 4 aromatic rings. The van der Waals surface area contributed by atoms with Gasteiger partial charge in [-0.3, -0.25) is 0 Å². The van der Waals surface area contributed by atoms with Gasteiger partial charge >= 0.3 is 8.32 Å². The molecule has 0 saturated carbocycles. The highest BCUT2D eigenvalue weighted by Crippen LogP contribution is 2.37. The summed E-state index contributed by atoms with van der Waals surface area (Å²) < 4.78 is 7.03. The predicted octanol–water partition coefficient (Wildman–Crippen LogP) is 5.65. The van der Waals surface area contributed by atoms with Gasteiger partial charge in [0.2, 0.25) is 0 Å². The van der Waals surface area contributed by atoms with E-state index in [1.165, 1.54) is 10.4 Å². The molecule has 4 aromatic carbocycles. The Kier molecular flexibility index (Phi) is 6.94. The summed E-state index contributed by atoms with van der Waals surface area (Å²) in [5.41, 5.74) is 1.65. The Morgan fingerprint density at radius 2 is 1.14 bits per heavy atom. The molecule has 0 unspecified atom stereocenters. The van der Waals surface area contributed by atoms with Crippen molar-refractivity contribution in [1.82, 2.24) is 0 Å². The summed E-state index contributed by atoms with van der Waals surface area (Å²) >= 11 is 0. The van der Waals surface area contributed by atoms with Crippen molar-refractivity contribution >= 4 is 24.4 Å². The zero-order valence-corrected chi connectivity index (χ0v) is 21.1. The Bertz CT molecular complexity index is 1260. The highest BCUT2D eigenvalue weighted by Gasteiger charge is 2.52. The van der Waals surface area contributed by atoms with Gasteiger partial charge in [0.1, 0.15) is 5.75 Å². The minimum absolute atomic E-state index is 0.170. The molecule has 4 rings (SSSR count). The molecule has 176 valence electrons. The number of benzene rings is 4. The molecule has 0 spiro atoms. The summed E-state index contributed by atoms with van der Waals surface area (Å²) in [6.07, 6.45) is 0. The lowest BCUT2D eigenvalue weighted by Gasteiger charge is -2.43. The Labute approximate surface area is 207 Å². The van der Waals surface area contributed by atoms with E-state index < -0.39 is 13.3 Å². The molecule has 5 nitrogen and oxygen atoms in total. The quantitative estimate of drug-likeness (QED) is 0.148. The van der Waals surface area contributed by atoms with Crippen LogP contribution in [0.4, 0.5) is 0 Å². The molecule has 0 atom stereocenters. The lowest BCUT2D eigenvalue weighted by Crippen LogP contribution is -2.68. The predicted molar refractivity (Wildman–Crippen MR) is 144 cm³/mol. The van der Waals surface area contributed by atoms with Gasteiger partial charge in [-0.05, 0) is 39.7 Å². The minimum atomic E-state index is -2.76. The molecule has 0 N–H and O–H groups in total. The van der Waals surface area contributed by atoms with E-state index in [9.17, 15) is 10.1 Å². The van der Waals surface area contributed by atoms with E-state index in [1.807, 2.05) is 66.7 Å². The van der Waals surface area contributed by atoms with Crippen LogP contribution in [0.25, 0.3) is 0 Å². The first kappa shape index (κ1) is 24.1. The van der Waals surface area contributed by atoms with E-state index in [0.29, 0.717) is 16.8 Å². The molecule has 0 aliphatic carbocycles. The first-order chi connectivity index (χ1) is 16.8. The molecule has 35 heavy (non-hydrogen) atoms. The standard InChI is InChI=1S/C29H28N2O3Si/c1-29(2,3)35(26-15-9-5-10-16-26,27-17-11-6-12-18-27)34-25-21-19-24(20-22-25)28(30-31(32)33)23-13-7-4-8-14-23/h4-22H,1-3H3. The van der Waals surface area contributed by atoms with Crippen molar-refractivity contribution in [2.75, 3.05) is 0 Å². The van der Waals surface area contributed by atoms with Gasteiger partial charge in [0.05, 0.1) is 5.10 Å². The van der Waals surface area contributed by atoms with E-state index in [1.54, 1.807) is 0 Å². The molecule has 6 heteroatoms. The van der Waals surface area contributed by atoms with Crippen molar-refractivity contribution in [2.45, 2.75) is 25.8 Å². The van der Waals surface area contributed by atoms with Crippen LogP contribution in [0.3, 0.4) is 0 Å². The van der Waals surface area contributed by atoms with E-state index in [0.717, 1.165) is 5.75 Å². The molecule has 0 saturated heterocycles. The second kappa shape index (κ2) is 10.1. The van der Waals surface area contributed by atoms with Crippen LogP contribution in [0.1, 0.15) is 31.9 Å². The van der Waals surface area contributed by atoms with E-state index in [2.05, 4.69) is 74.4 Å². The number of nitrogens with zero attached hydrogens (tertiary/aromatic N) is 2. The maximum Gasteiger partial charge on any atom is 0.319 e. The molecule has 0 heterocycles. The first-order valence-corrected chi connectivity index (χ1v) is 13.4. The second-order valence-corrected chi connectivity index (χ2v) is 13.6. The minimum Gasteiger partial charge on any atom is -0.534 e. The van der Waals surface area contributed by atoms with E-state index >= 15 is 0 Å². The topological polar surface area (TPSA) is 64.7 Å². The van der Waals surface area contributed by atoms with Gasteiger partial charge in [0, 0.05) is 11.1 Å². The fourth-order valence-corrected chi connectivity index (χ4v) is 8.89. The normalized spacial score (nSPS) is 12.3. The lowest BCUT2D eigenvalue weighted by molar-refractivity contribution is -0.484. The number of hydrazone groups is 1. The van der Waals surface area contributed by atoms with Crippen LogP contribution in [0.5, 0.6) is 5.75 Å². The van der Waals surface area contributed by atoms with Crippen LogP contribution in [-0.2, 0) is 0 Å². The monoisotopic (exact) mass is 480 g/mol. The average Bonchev–Trinajstić information content (AvgIpc) is 2.87. The summed E-state index contributed by atoms with van der Waals surface area (Å²) in [6, 6.07) is 37.5. The Morgan fingerprint density at radius 1 is 0.714 bits per heavy atom. The van der Waals surface area contributed by atoms with E-state index in [-0.39, 0.29) is 5.04 Å². The molecule has 0 aromatic heterocycles. The molecule has 0 radical (unpaired) electrons. The van der Waals surface area contributed by atoms with E-state index in [4.69, 9.17) is 4.43 Å². The van der Waals surface area contributed by atoms with Gasteiger partial charge in [-0.1, -0.05) is 112 Å². The molecule has 0 aliphatic heterocycles. The smallest absolute Gasteiger partial charge is 0.319 e. The molecule has 0 amide bonds. The Balaban J connectivity index is 1.80. The van der Waals surface area contributed by atoms with Crippen molar-refractivity contribution in [1.29, 1.82) is 0 Å². The fourth-order valence-electron chi connectivity index (χ4n) is 4.47. The van der Waals surface area contributed by atoms with Crippen molar-refractivity contribution in [2.24, 2.45) is 5.10 Å². The van der Waals surface area contributed by atoms with Gasteiger partial charge in [-0.2, -0.15) is 0 Å². The van der Waals surface area contributed by atoms with Crippen molar-refractivity contribution in [3.63, 3.8) is 0 Å². The summed E-state index contributed by atoms with van der Waals surface area (Å²) in [7, 11) is -2.76.